The molecule has 2 saturated heterocycles. The van der Waals surface area contributed by atoms with Crippen molar-refractivity contribution >= 4 is 58.9 Å². The number of carbonyl (C=O) groups is 6. The molecule has 6 fully saturated rings. The Hall–Kier alpha value is -5.06. The number of carbonyl (C=O) groups excluding carboxylic acids is 6. The number of nitrogens with one attached hydrogen (secondary N) is 4. The first kappa shape index (κ1) is 60.0. The van der Waals surface area contributed by atoms with Crippen LogP contribution >= 0.6 is 11.8 Å². The fraction of sp³-hybridized carbons (Fsp3) is 0.707. The van der Waals surface area contributed by atoms with Gasteiger partial charge in [-0.3, -0.25) is 29.1 Å². The number of aliphatic imine (C=N–C) groups is 1. The van der Waals surface area contributed by atoms with E-state index >= 15 is 0 Å². The van der Waals surface area contributed by atoms with Crippen LogP contribution in [0.3, 0.4) is 0 Å². The smallest absolute Gasteiger partial charge is 0.331 e. The van der Waals surface area contributed by atoms with E-state index in [1.165, 1.54) is 4.90 Å². The zero-order chi connectivity index (χ0) is 56.3. The highest BCUT2D eigenvalue weighted by Crippen LogP contribution is 2.70. The van der Waals surface area contributed by atoms with Crippen LogP contribution in [0, 0.1) is 34.5 Å². The number of urea groups is 1. The summed E-state index contributed by atoms with van der Waals surface area (Å²) < 4.78 is 26.9. The minimum atomic E-state index is -1.03. The second-order valence-corrected chi connectivity index (χ2v) is 24.3. The van der Waals surface area contributed by atoms with Crippen molar-refractivity contribution < 1.29 is 67.8 Å². The molecule has 0 bridgehead atoms. The first-order valence-corrected chi connectivity index (χ1v) is 29.7. The standard InChI is InChI=1S/C58H84N6O14S/c1-5-77-50(69)18-15-36(2)61-52(37-11-7-6-8-12-37)54(71)64-44-35-79-45(53(44)63-55(64)72)13-9-10-14-47(66)59-23-25-74-27-28-75-26-24-60-48(67)33-76-34-49(68)62-40-19-21-56(3)39(30-40)16-17-42-43(56)31-46(65)57(4)41(20-22-58(42,57)73)38-29-51(70)78-32-38/h6-8,11-12,29,39-46,53,65,71,73H,5,9-10,13-28,30-35H2,1-4H3,(H,59,66)(H,60,67)(H,62,68)(H,63,72)/b54-52-,61-36?. The van der Waals surface area contributed by atoms with Gasteiger partial charge in [0.2, 0.25) is 23.6 Å². The molecule has 8 rings (SSSR count). The number of cyclic esters (lactones) is 1. The van der Waals surface area contributed by atoms with Crippen molar-refractivity contribution in [3.8, 4) is 0 Å². The molecule has 0 spiro atoms. The third kappa shape index (κ3) is 13.8. The van der Waals surface area contributed by atoms with Gasteiger partial charge >= 0.3 is 18.0 Å². The highest BCUT2D eigenvalue weighted by Gasteiger charge is 2.71. The molecular weight excluding hydrogens is 1040 g/mol. The molecule has 79 heavy (non-hydrogen) atoms. The van der Waals surface area contributed by atoms with Gasteiger partial charge in [0.15, 0.2) is 0 Å². The molecule has 7 aliphatic rings. The molecule has 12 atom stereocenters. The first-order valence-electron chi connectivity index (χ1n) is 28.7. The molecule has 1 aromatic carbocycles. The van der Waals surface area contributed by atoms with Crippen LogP contribution in [0.4, 0.5) is 4.79 Å². The van der Waals surface area contributed by atoms with E-state index in [2.05, 4.69) is 28.2 Å². The van der Waals surface area contributed by atoms with Gasteiger partial charge in [0, 0.05) is 59.3 Å². The van der Waals surface area contributed by atoms with E-state index < -0.39 is 17.1 Å². The molecule has 20 nitrogen and oxygen atoms in total. The van der Waals surface area contributed by atoms with E-state index in [9.17, 15) is 44.1 Å². The Balaban J connectivity index is 0.632. The Bertz CT molecular complexity index is 2440. The van der Waals surface area contributed by atoms with Crippen molar-refractivity contribution in [3.05, 3.63) is 53.4 Å². The van der Waals surface area contributed by atoms with Crippen molar-refractivity contribution in [2.75, 3.05) is 71.7 Å². The molecule has 5 amide bonds. The monoisotopic (exact) mass is 1120 g/mol. The summed E-state index contributed by atoms with van der Waals surface area (Å²) in [5, 5.41) is 47.9. The number of hydrogen-bond acceptors (Lipinski definition) is 16. The molecule has 4 aliphatic carbocycles. The Labute approximate surface area is 468 Å². The van der Waals surface area contributed by atoms with Crippen LogP contribution in [-0.2, 0) is 47.7 Å². The highest BCUT2D eigenvalue weighted by molar-refractivity contribution is 8.00. The van der Waals surface area contributed by atoms with E-state index in [-0.39, 0.29) is 133 Å². The number of nitrogens with zero attached hydrogens (tertiary/aromatic N) is 2. The third-order valence-electron chi connectivity index (χ3n) is 18.5. The number of hydrogen-bond donors (Lipinski definition) is 7. The first-order chi connectivity index (χ1) is 38.0. The molecule has 0 radical (unpaired) electrons. The van der Waals surface area contributed by atoms with Crippen LogP contribution in [0.25, 0.3) is 5.70 Å². The topological polar surface area (TPSA) is 273 Å². The number of esters is 2. The van der Waals surface area contributed by atoms with Gasteiger partial charge in [-0.05, 0) is 119 Å². The number of aliphatic hydroxyl groups excluding tert-OH is 2. The number of rotatable bonds is 27. The number of unbranched alkanes of at least 4 members (excludes halogenated alkanes) is 1. The molecule has 3 heterocycles. The highest BCUT2D eigenvalue weighted by atomic mass is 32.2. The number of aliphatic hydroxyl groups is 3. The predicted molar refractivity (Wildman–Crippen MR) is 295 cm³/mol. The lowest BCUT2D eigenvalue weighted by atomic mass is 9.42. The summed E-state index contributed by atoms with van der Waals surface area (Å²) in [5.74, 6) is -0.531. The Morgan fingerprint density at radius 3 is 2.33 bits per heavy atom. The lowest BCUT2D eigenvalue weighted by molar-refractivity contribution is -0.243. The van der Waals surface area contributed by atoms with Gasteiger partial charge in [-0.2, -0.15) is 11.8 Å². The summed E-state index contributed by atoms with van der Waals surface area (Å²) >= 11 is 1.74. The van der Waals surface area contributed by atoms with Gasteiger partial charge in [-0.1, -0.05) is 50.6 Å². The zero-order valence-corrected chi connectivity index (χ0v) is 47.3. The maximum absolute atomic E-state index is 13.3. The quantitative estimate of drug-likeness (QED) is 0.0198. The largest absolute Gasteiger partial charge is 0.493 e. The minimum Gasteiger partial charge on any atom is -0.493 e. The van der Waals surface area contributed by atoms with Crippen LogP contribution in [0.15, 0.2) is 52.9 Å². The van der Waals surface area contributed by atoms with E-state index in [1.54, 1.807) is 31.7 Å². The molecule has 436 valence electrons. The van der Waals surface area contributed by atoms with Crippen molar-refractivity contribution in [2.24, 2.45) is 39.5 Å². The molecule has 0 aromatic heterocycles. The lowest BCUT2D eigenvalue weighted by Crippen LogP contribution is -2.67. The van der Waals surface area contributed by atoms with Gasteiger partial charge in [0.1, 0.15) is 25.5 Å². The van der Waals surface area contributed by atoms with Gasteiger partial charge < -0.3 is 60.3 Å². The van der Waals surface area contributed by atoms with E-state index in [4.69, 9.17) is 28.7 Å². The minimum absolute atomic E-state index is 0.0194. The van der Waals surface area contributed by atoms with Crippen molar-refractivity contribution in [1.82, 2.24) is 26.2 Å². The third-order valence-corrected chi connectivity index (χ3v) is 20.0. The number of ether oxygens (including phenoxy) is 5. The molecular formula is C58H84N6O14S. The number of benzene rings is 1. The number of thioether (sulfide) groups is 1. The van der Waals surface area contributed by atoms with Gasteiger partial charge in [0.25, 0.3) is 0 Å². The lowest BCUT2D eigenvalue weighted by Gasteiger charge is -2.65. The van der Waals surface area contributed by atoms with Gasteiger partial charge in [-0.15, -0.1) is 0 Å². The van der Waals surface area contributed by atoms with Crippen LogP contribution in [0.2, 0.25) is 0 Å². The molecule has 1 aromatic rings. The van der Waals surface area contributed by atoms with Gasteiger partial charge in [0.05, 0.1) is 63.2 Å². The van der Waals surface area contributed by atoms with E-state index in [1.807, 2.05) is 37.3 Å². The Morgan fingerprint density at radius 2 is 1.61 bits per heavy atom. The molecule has 7 N–H and O–H groups in total. The molecule has 21 heteroatoms. The predicted octanol–water partition coefficient (Wildman–Crippen LogP) is 5.11. The number of amides is 5. The van der Waals surface area contributed by atoms with Crippen molar-refractivity contribution in [1.29, 1.82) is 0 Å². The summed E-state index contributed by atoms with van der Waals surface area (Å²) in [4.78, 5) is 81.2. The molecule has 4 saturated carbocycles. The average molecular weight is 1120 g/mol. The van der Waals surface area contributed by atoms with Crippen LogP contribution in [0.5, 0.6) is 0 Å². The fourth-order valence-corrected chi connectivity index (χ4v) is 15.9. The van der Waals surface area contributed by atoms with E-state index in [0.717, 1.165) is 56.9 Å². The molecule has 3 aliphatic heterocycles. The Morgan fingerprint density at radius 1 is 0.873 bits per heavy atom. The summed E-state index contributed by atoms with van der Waals surface area (Å²) in [5.41, 5.74) is 0.548. The summed E-state index contributed by atoms with van der Waals surface area (Å²) in [7, 11) is 0. The SMILES string of the molecule is CCOC(=O)CCC(C)=N/C(=C(\O)N1C(=O)NC2C(CCCCC(=O)NCCOCCOCCNC(=O)COCC(=O)NC3CCC4(C)C(CCC5C4CC(O)C4(C)C(C6=CC(=O)OC6)CCC54O)C3)SCC21)c1ccccc1. The Kier molecular flexibility index (Phi) is 20.6. The van der Waals surface area contributed by atoms with Crippen LogP contribution in [-0.4, -0.2) is 168 Å². The second-order valence-electron chi connectivity index (χ2n) is 23.0. The van der Waals surface area contributed by atoms with Gasteiger partial charge in [-0.25, -0.2) is 9.59 Å². The van der Waals surface area contributed by atoms with Crippen LogP contribution in [0.1, 0.15) is 123 Å². The molecule has 12 unspecified atom stereocenters. The summed E-state index contributed by atoms with van der Waals surface area (Å²) in [6.45, 7) is 9.72. The maximum Gasteiger partial charge on any atom is 0.331 e. The second kappa shape index (κ2) is 27.1. The summed E-state index contributed by atoms with van der Waals surface area (Å²) in [6, 6.07) is 8.30. The maximum atomic E-state index is 13.3. The van der Waals surface area contributed by atoms with E-state index in [0.29, 0.717) is 88.0 Å². The number of fused-ring (bicyclic) bond motifs is 6. The fourth-order valence-electron chi connectivity index (χ4n) is 14.3. The zero-order valence-electron chi connectivity index (χ0n) is 46.5. The average Bonchev–Trinajstić information content (AvgIpc) is 2.89. The van der Waals surface area contributed by atoms with Crippen LogP contribution < -0.4 is 21.3 Å². The van der Waals surface area contributed by atoms with Crippen molar-refractivity contribution in [3.63, 3.8) is 0 Å². The summed E-state index contributed by atoms with van der Waals surface area (Å²) in [6.07, 6.45) is 10.2. The van der Waals surface area contributed by atoms with Crippen molar-refractivity contribution in [2.45, 2.75) is 153 Å². The normalized spacial score (nSPS) is 32.1.